The fourth-order valence-corrected chi connectivity index (χ4v) is 12.6. The molecule has 0 aliphatic carbocycles. The minimum atomic E-state index is -4.95. The fourth-order valence-electron chi connectivity index (χ4n) is 11.0. The number of hydrogen-bond acceptors (Lipinski definition) is 15. The molecule has 0 aromatic heterocycles. The molecule has 540 valence electrons. The van der Waals surface area contributed by atoms with Crippen molar-refractivity contribution in [2.24, 2.45) is 0 Å². The van der Waals surface area contributed by atoms with Gasteiger partial charge in [0.15, 0.2) is 12.2 Å². The summed E-state index contributed by atoms with van der Waals surface area (Å²) in [6.07, 6.45) is 55.6. The lowest BCUT2D eigenvalue weighted by Crippen LogP contribution is -2.30. The number of aliphatic hydroxyl groups is 1. The SMILES string of the molecule is CCCCCCCCCCCCCCCCCCCCC(=O)O[C@H](COC(=O)CCCCCCCCCCCCCCCCCC)COP(=O)(O)OC[C@@H](O)COP(=O)(O)OC[C@@H](COC(=O)CCCCCCCCCC)OC(=O)CCCCCCCCCCC. The van der Waals surface area contributed by atoms with Gasteiger partial charge in [-0.05, 0) is 25.7 Å². The Morgan fingerprint density at radius 3 is 0.648 bits per heavy atom. The molecule has 17 nitrogen and oxygen atoms in total. The molecule has 0 bridgehead atoms. The molecule has 0 heterocycles. The Balaban J connectivity index is 5.18. The van der Waals surface area contributed by atoms with Crippen LogP contribution in [0.5, 0.6) is 0 Å². The smallest absolute Gasteiger partial charge is 0.462 e. The summed E-state index contributed by atoms with van der Waals surface area (Å²) in [6.45, 7) is 4.92. The van der Waals surface area contributed by atoms with Crippen molar-refractivity contribution in [3.05, 3.63) is 0 Å². The molecule has 3 N–H and O–H groups in total. The lowest BCUT2D eigenvalue weighted by atomic mass is 10.0. The summed E-state index contributed by atoms with van der Waals surface area (Å²) in [6, 6.07) is 0. The number of ether oxygens (including phenoxy) is 4. The molecule has 19 heteroatoms. The van der Waals surface area contributed by atoms with Gasteiger partial charge in [0.25, 0.3) is 0 Å². The molecule has 2 unspecified atom stereocenters. The standard InChI is InChI=1S/C72H140O17P2/c1-5-9-13-17-21-25-27-29-31-33-34-36-38-40-43-47-51-55-59-72(77)89-68(63-83-70(75)57-53-49-45-42-39-37-35-32-30-28-26-22-18-14-10-6-2)65-87-91(80,81)85-61-66(73)60-84-90(78,79)86-64-67(62-82-69(74)56-52-48-44-24-20-16-12-8-4)88-71(76)58-54-50-46-41-23-19-15-11-7-3/h66-68,73H,5-65H2,1-4H3,(H,78,79)(H,80,81)/t66-,67+,68+/m0/s1. The summed E-state index contributed by atoms with van der Waals surface area (Å²) < 4.78 is 68.2. The maximum atomic E-state index is 13.0. The number of carbonyl (C=O) groups is 4. The molecule has 91 heavy (non-hydrogen) atoms. The van der Waals surface area contributed by atoms with Gasteiger partial charge >= 0.3 is 39.5 Å². The molecule has 0 aromatic carbocycles. The minimum absolute atomic E-state index is 0.106. The van der Waals surface area contributed by atoms with E-state index in [1.54, 1.807) is 0 Å². The second-order valence-corrected chi connectivity index (χ2v) is 28.9. The predicted molar refractivity (Wildman–Crippen MR) is 368 cm³/mol. The van der Waals surface area contributed by atoms with Crippen LogP contribution in [0.3, 0.4) is 0 Å². The van der Waals surface area contributed by atoms with Gasteiger partial charge < -0.3 is 33.8 Å². The molecule has 5 atom stereocenters. The van der Waals surface area contributed by atoms with Gasteiger partial charge in [0.05, 0.1) is 26.4 Å². The van der Waals surface area contributed by atoms with Crippen LogP contribution in [0.25, 0.3) is 0 Å². The third kappa shape index (κ3) is 66.5. The maximum absolute atomic E-state index is 13.0. The van der Waals surface area contributed by atoms with E-state index in [1.165, 1.54) is 205 Å². The first-order valence-electron chi connectivity index (χ1n) is 37.8. The highest BCUT2D eigenvalue weighted by atomic mass is 31.2. The quantitative estimate of drug-likeness (QED) is 0.0222. The lowest BCUT2D eigenvalue weighted by molar-refractivity contribution is -0.161. The van der Waals surface area contributed by atoms with Crippen molar-refractivity contribution >= 4 is 39.5 Å². The minimum Gasteiger partial charge on any atom is -0.462 e. The van der Waals surface area contributed by atoms with Gasteiger partial charge in [0, 0.05) is 25.7 Å². The summed E-state index contributed by atoms with van der Waals surface area (Å²) in [5.41, 5.74) is 0. The molecule has 0 aromatic rings. The van der Waals surface area contributed by atoms with Crippen molar-refractivity contribution in [2.45, 2.75) is 399 Å². The second-order valence-electron chi connectivity index (χ2n) is 26.0. The highest BCUT2D eigenvalue weighted by molar-refractivity contribution is 7.47. The average molecular weight is 1340 g/mol. The Bertz CT molecular complexity index is 1740. The van der Waals surface area contributed by atoms with Crippen LogP contribution in [-0.4, -0.2) is 96.7 Å². The van der Waals surface area contributed by atoms with Crippen molar-refractivity contribution in [3.8, 4) is 0 Å². The lowest BCUT2D eigenvalue weighted by Gasteiger charge is -2.21. The molecule has 0 rings (SSSR count). The van der Waals surface area contributed by atoms with Crippen LogP contribution in [0.1, 0.15) is 381 Å². The summed E-state index contributed by atoms with van der Waals surface area (Å²) in [5, 5.41) is 10.6. The highest BCUT2D eigenvalue weighted by Gasteiger charge is 2.30. The first-order chi connectivity index (χ1) is 44.2. The molecule has 0 spiro atoms. The fraction of sp³-hybridized carbons (Fsp3) is 0.944. The first kappa shape index (κ1) is 89.1. The number of rotatable bonds is 73. The second kappa shape index (κ2) is 66.7. The number of phosphoric ester groups is 2. The molecule has 0 fully saturated rings. The average Bonchev–Trinajstić information content (AvgIpc) is 3.74. The van der Waals surface area contributed by atoms with Crippen LogP contribution in [0, 0.1) is 0 Å². The topological polar surface area (TPSA) is 237 Å². The van der Waals surface area contributed by atoms with Gasteiger partial charge in [-0.2, -0.15) is 0 Å². The number of esters is 4. The highest BCUT2D eigenvalue weighted by Crippen LogP contribution is 2.45. The van der Waals surface area contributed by atoms with Crippen LogP contribution in [0.4, 0.5) is 0 Å². The van der Waals surface area contributed by atoms with Gasteiger partial charge in [-0.1, -0.05) is 329 Å². The van der Waals surface area contributed by atoms with Gasteiger partial charge in [-0.25, -0.2) is 9.13 Å². The summed E-state index contributed by atoms with van der Waals surface area (Å²) >= 11 is 0. The van der Waals surface area contributed by atoms with Crippen molar-refractivity contribution in [3.63, 3.8) is 0 Å². The number of carbonyl (C=O) groups excluding carboxylic acids is 4. The van der Waals surface area contributed by atoms with Gasteiger partial charge in [0.1, 0.15) is 19.3 Å². The van der Waals surface area contributed by atoms with E-state index >= 15 is 0 Å². The Morgan fingerprint density at radius 1 is 0.264 bits per heavy atom. The molecule has 0 radical (unpaired) electrons. The zero-order valence-corrected chi connectivity index (χ0v) is 60.6. The monoisotopic (exact) mass is 1340 g/mol. The van der Waals surface area contributed by atoms with E-state index in [4.69, 9.17) is 37.0 Å². The Kier molecular flexibility index (Phi) is 65.2. The van der Waals surface area contributed by atoms with E-state index in [2.05, 4.69) is 27.7 Å². The zero-order chi connectivity index (χ0) is 66.8. The van der Waals surface area contributed by atoms with Crippen molar-refractivity contribution < 1.29 is 80.2 Å². The summed E-state index contributed by atoms with van der Waals surface area (Å²) in [7, 11) is -9.89. The van der Waals surface area contributed by atoms with Crippen molar-refractivity contribution in [2.75, 3.05) is 39.6 Å². The van der Waals surface area contributed by atoms with Crippen molar-refractivity contribution in [1.82, 2.24) is 0 Å². The van der Waals surface area contributed by atoms with Gasteiger partial charge in [0.2, 0.25) is 0 Å². The number of phosphoric acid groups is 2. The zero-order valence-electron chi connectivity index (χ0n) is 58.8. The molecule has 0 saturated carbocycles. The molecule has 0 aliphatic rings. The van der Waals surface area contributed by atoms with E-state index in [-0.39, 0.29) is 25.7 Å². The molecule has 0 aliphatic heterocycles. The van der Waals surface area contributed by atoms with Crippen LogP contribution >= 0.6 is 15.6 Å². The predicted octanol–water partition coefficient (Wildman–Crippen LogP) is 21.1. The number of hydrogen-bond donors (Lipinski definition) is 3. The Hall–Kier alpha value is -1.94. The van der Waals surface area contributed by atoms with Crippen LogP contribution in [0.2, 0.25) is 0 Å². The summed E-state index contributed by atoms with van der Waals surface area (Å²) in [4.78, 5) is 72.5. The molecular weight excluding hydrogens is 1200 g/mol. The van der Waals surface area contributed by atoms with Gasteiger partial charge in [-0.3, -0.25) is 37.3 Å². The van der Waals surface area contributed by atoms with Crippen LogP contribution in [0.15, 0.2) is 0 Å². The van der Waals surface area contributed by atoms with E-state index in [0.717, 1.165) is 96.3 Å². The Labute approximate surface area is 556 Å². The third-order valence-corrected chi connectivity index (χ3v) is 18.8. The van der Waals surface area contributed by atoms with E-state index < -0.39 is 97.5 Å². The van der Waals surface area contributed by atoms with Crippen LogP contribution < -0.4 is 0 Å². The molecule has 0 amide bonds. The van der Waals surface area contributed by atoms with E-state index in [0.29, 0.717) is 25.7 Å². The molecular formula is C72H140O17P2. The van der Waals surface area contributed by atoms with Gasteiger partial charge in [-0.15, -0.1) is 0 Å². The number of aliphatic hydroxyl groups excluding tert-OH is 1. The molecule has 0 saturated heterocycles. The largest absolute Gasteiger partial charge is 0.472 e. The normalized spacial score (nSPS) is 14.0. The number of unbranched alkanes of at least 4 members (excludes halogenated alkanes) is 47. The van der Waals surface area contributed by atoms with E-state index in [9.17, 15) is 43.2 Å². The third-order valence-electron chi connectivity index (χ3n) is 16.9. The van der Waals surface area contributed by atoms with Crippen molar-refractivity contribution in [1.29, 1.82) is 0 Å². The first-order valence-corrected chi connectivity index (χ1v) is 40.8. The Morgan fingerprint density at radius 2 is 0.440 bits per heavy atom. The van der Waals surface area contributed by atoms with Crippen LogP contribution in [-0.2, 0) is 65.4 Å². The van der Waals surface area contributed by atoms with E-state index in [1.807, 2.05) is 0 Å². The maximum Gasteiger partial charge on any atom is 0.472 e. The summed E-state index contributed by atoms with van der Waals surface area (Å²) in [5.74, 6) is -2.12.